The second-order valence-electron chi connectivity index (χ2n) is 5.70. The van der Waals surface area contributed by atoms with Gasteiger partial charge in [0.15, 0.2) is 0 Å². The van der Waals surface area contributed by atoms with Crippen LogP contribution in [0.2, 0.25) is 0 Å². The van der Waals surface area contributed by atoms with Gasteiger partial charge in [0.25, 0.3) is 5.69 Å². The van der Waals surface area contributed by atoms with Crippen molar-refractivity contribution in [3.8, 4) is 0 Å². The molecule has 0 aromatic heterocycles. The van der Waals surface area contributed by atoms with Gasteiger partial charge in [0.05, 0.1) is 4.92 Å². The summed E-state index contributed by atoms with van der Waals surface area (Å²) in [6, 6.07) is 5.96. The molecule has 2 heterocycles. The fourth-order valence-corrected chi connectivity index (χ4v) is 3.53. The fourth-order valence-electron chi connectivity index (χ4n) is 3.53. The molecule has 0 radical (unpaired) electrons. The molecule has 5 nitrogen and oxygen atoms in total. The van der Waals surface area contributed by atoms with Crippen LogP contribution >= 0.6 is 0 Å². The van der Waals surface area contributed by atoms with Crippen LogP contribution in [0.4, 0.5) is 11.4 Å². The summed E-state index contributed by atoms with van der Waals surface area (Å²) in [6.45, 7) is 7.31. The van der Waals surface area contributed by atoms with E-state index in [0.717, 1.165) is 30.9 Å². The second-order valence-corrected chi connectivity index (χ2v) is 5.70. The first kappa shape index (κ1) is 12.4. The summed E-state index contributed by atoms with van der Waals surface area (Å²) in [5.41, 5.74) is 2.06. The Morgan fingerprint density at radius 3 is 2.84 bits per heavy atom. The number of hydrogen-bond acceptors (Lipinski definition) is 4. The maximum Gasteiger partial charge on any atom is 0.272 e. The van der Waals surface area contributed by atoms with Crippen LogP contribution in [0.1, 0.15) is 12.5 Å². The van der Waals surface area contributed by atoms with Gasteiger partial charge in [-0.05, 0) is 37.8 Å². The summed E-state index contributed by atoms with van der Waals surface area (Å²) in [5, 5.41) is 14.3. The van der Waals surface area contributed by atoms with Crippen molar-refractivity contribution in [1.29, 1.82) is 0 Å². The van der Waals surface area contributed by atoms with Crippen molar-refractivity contribution in [3.63, 3.8) is 0 Å². The van der Waals surface area contributed by atoms with Gasteiger partial charge < -0.3 is 10.2 Å². The highest BCUT2D eigenvalue weighted by Crippen LogP contribution is 2.36. The number of nitro benzene ring substituents is 1. The van der Waals surface area contributed by atoms with E-state index < -0.39 is 0 Å². The van der Waals surface area contributed by atoms with Crippen molar-refractivity contribution in [2.24, 2.45) is 11.8 Å². The first-order chi connectivity index (χ1) is 9.08. The molecule has 2 aliphatic rings. The highest BCUT2D eigenvalue weighted by atomic mass is 16.6. The number of hydrogen-bond donors (Lipinski definition) is 1. The van der Waals surface area contributed by atoms with E-state index >= 15 is 0 Å². The van der Waals surface area contributed by atoms with Crippen LogP contribution in [0.15, 0.2) is 18.2 Å². The third kappa shape index (κ3) is 1.98. The monoisotopic (exact) mass is 261 g/mol. The lowest BCUT2D eigenvalue weighted by atomic mass is 9.95. The van der Waals surface area contributed by atoms with Crippen molar-refractivity contribution in [1.82, 2.24) is 5.32 Å². The first-order valence-corrected chi connectivity index (χ1v) is 6.80. The number of aryl methyl sites for hydroxylation is 1. The fraction of sp³-hybridized carbons (Fsp3) is 0.571. The molecule has 19 heavy (non-hydrogen) atoms. The second kappa shape index (κ2) is 4.49. The summed E-state index contributed by atoms with van der Waals surface area (Å²) in [4.78, 5) is 12.9. The molecule has 5 heteroatoms. The summed E-state index contributed by atoms with van der Waals surface area (Å²) < 4.78 is 0. The molecule has 2 aliphatic heterocycles. The van der Waals surface area contributed by atoms with Crippen molar-refractivity contribution >= 4 is 11.4 Å². The Bertz CT molecular complexity index is 517. The number of benzene rings is 1. The van der Waals surface area contributed by atoms with E-state index in [9.17, 15) is 10.1 Å². The minimum absolute atomic E-state index is 0.206. The number of rotatable bonds is 2. The van der Waals surface area contributed by atoms with Gasteiger partial charge in [-0.25, -0.2) is 0 Å². The molecule has 1 aromatic carbocycles. The molecule has 1 aromatic rings. The van der Waals surface area contributed by atoms with Crippen molar-refractivity contribution in [3.05, 3.63) is 33.9 Å². The highest BCUT2D eigenvalue weighted by molar-refractivity contribution is 5.56. The van der Waals surface area contributed by atoms with Crippen LogP contribution in [0, 0.1) is 28.9 Å². The summed E-state index contributed by atoms with van der Waals surface area (Å²) in [6.07, 6.45) is 0. The standard InChI is InChI=1S/C14H19N3O2/c1-9-5-12(3-4-14(9)17(18)19)16-8-11-6-15-7-13(11)10(16)2/h3-5,10-11,13,15H,6-8H2,1-2H3. The Morgan fingerprint density at radius 2 is 2.21 bits per heavy atom. The molecule has 3 unspecified atom stereocenters. The molecule has 102 valence electrons. The van der Waals surface area contributed by atoms with Crippen molar-refractivity contribution in [2.75, 3.05) is 24.5 Å². The number of fused-ring (bicyclic) bond motifs is 1. The van der Waals surface area contributed by atoms with Gasteiger partial charge in [-0.15, -0.1) is 0 Å². The van der Waals surface area contributed by atoms with Gasteiger partial charge in [-0.1, -0.05) is 0 Å². The Labute approximate surface area is 112 Å². The normalized spacial score (nSPS) is 29.6. The van der Waals surface area contributed by atoms with E-state index in [0.29, 0.717) is 17.9 Å². The van der Waals surface area contributed by atoms with Crippen molar-refractivity contribution < 1.29 is 4.92 Å². The zero-order chi connectivity index (χ0) is 13.6. The van der Waals surface area contributed by atoms with Crippen LogP contribution in [0.3, 0.4) is 0 Å². The Kier molecular flexibility index (Phi) is 2.93. The average Bonchev–Trinajstić information content (AvgIpc) is 2.92. The summed E-state index contributed by atoms with van der Waals surface area (Å²) >= 11 is 0. The molecular weight excluding hydrogens is 242 g/mol. The molecule has 3 rings (SSSR count). The lowest BCUT2D eigenvalue weighted by Gasteiger charge is -2.26. The average molecular weight is 261 g/mol. The smallest absolute Gasteiger partial charge is 0.272 e. The zero-order valence-corrected chi connectivity index (χ0v) is 11.3. The van der Waals surface area contributed by atoms with E-state index in [-0.39, 0.29) is 10.6 Å². The molecule has 2 saturated heterocycles. The van der Waals surface area contributed by atoms with Gasteiger partial charge in [-0.2, -0.15) is 0 Å². The molecule has 0 spiro atoms. The molecule has 0 saturated carbocycles. The number of anilines is 1. The maximum atomic E-state index is 10.9. The lowest BCUT2D eigenvalue weighted by Crippen LogP contribution is -2.33. The zero-order valence-electron chi connectivity index (χ0n) is 11.3. The van der Waals surface area contributed by atoms with Crippen LogP contribution in [0.25, 0.3) is 0 Å². The van der Waals surface area contributed by atoms with Crippen LogP contribution in [-0.4, -0.2) is 30.6 Å². The van der Waals surface area contributed by atoms with E-state index in [1.165, 1.54) is 0 Å². The Balaban J connectivity index is 1.87. The van der Waals surface area contributed by atoms with Crippen LogP contribution in [0.5, 0.6) is 0 Å². The van der Waals surface area contributed by atoms with Gasteiger partial charge in [-0.3, -0.25) is 10.1 Å². The molecule has 0 amide bonds. The Hall–Kier alpha value is -1.62. The van der Waals surface area contributed by atoms with Gasteiger partial charge >= 0.3 is 0 Å². The predicted molar refractivity (Wildman–Crippen MR) is 74.5 cm³/mol. The molecule has 1 N–H and O–H groups in total. The van der Waals surface area contributed by atoms with E-state index in [1.807, 2.05) is 19.1 Å². The SMILES string of the molecule is Cc1cc(N2CC3CNCC3C2C)ccc1[N+](=O)[O-]. The van der Waals surface area contributed by atoms with Gasteiger partial charge in [0, 0.05) is 43.0 Å². The molecule has 3 atom stereocenters. The summed E-state index contributed by atoms with van der Waals surface area (Å²) in [5.74, 6) is 1.42. The topological polar surface area (TPSA) is 58.4 Å². The third-order valence-electron chi connectivity index (χ3n) is 4.64. The van der Waals surface area contributed by atoms with Crippen molar-refractivity contribution in [2.45, 2.75) is 19.9 Å². The highest BCUT2D eigenvalue weighted by Gasteiger charge is 2.41. The third-order valence-corrected chi connectivity index (χ3v) is 4.64. The molecule has 0 aliphatic carbocycles. The van der Waals surface area contributed by atoms with E-state index in [1.54, 1.807) is 6.07 Å². The number of nitrogens with zero attached hydrogens (tertiary/aromatic N) is 2. The van der Waals surface area contributed by atoms with Crippen LogP contribution in [-0.2, 0) is 0 Å². The number of nitro groups is 1. The Morgan fingerprint density at radius 1 is 1.42 bits per heavy atom. The minimum atomic E-state index is -0.314. The number of nitrogens with one attached hydrogen (secondary N) is 1. The maximum absolute atomic E-state index is 10.9. The minimum Gasteiger partial charge on any atom is -0.368 e. The largest absolute Gasteiger partial charge is 0.368 e. The first-order valence-electron chi connectivity index (χ1n) is 6.80. The van der Waals surface area contributed by atoms with Gasteiger partial charge in [0.2, 0.25) is 0 Å². The molecule has 2 fully saturated rings. The molecule has 0 bridgehead atoms. The van der Waals surface area contributed by atoms with Gasteiger partial charge in [0.1, 0.15) is 0 Å². The molecular formula is C14H19N3O2. The van der Waals surface area contributed by atoms with Crippen LogP contribution < -0.4 is 10.2 Å². The quantitative estimate of drug-likeness (QED) is 0.653. The van der Waals surface area contributed by atoms with E-state index in [2.05, 4.69) is 17.1 Å². The summed E-state index contributed by atoms with van der Waals surface area (Å²) in [7, 11) is 0. The predicted octanol–water partition coefficient (Wildman–Crippen LogP) is 1.95. The lowest BCUT2D eigenvalue weighted by molar-refractivity contribution is -0.385. The van der Waals surface area contributed by atoms with E-state index in [4.69, 9.17) is 0 Å².